The summed E-state index contributed by atoms with van der Waals surface area (Å²) in [7, 11) is 0. The number of thioether (sulfide) groups is 1. The predicted molar refractivity (Wildman–Crippen MR) is 90.8 cm³/mol. The van der Waals surface area contributed by atoms with Gasteiger partial charge in [0.2, 0.25) is 5.13 Å². The summed E-state index contributed by atoms with van der Waals surface area (Å²) >= 11 is 3.05. The van der Waals surface area contributed by atoms with Crippen molar-refractivity contribution in [2.24, 2.45) is 0 Å². The lowest BCUT2D eigenvalue weighted by Crippen LogP contribution is -2.19. The average molecular weight is 346 g/mol. The zero-order valence-electron chi connectivity index (χ0n) is 12.1. The molecule has 0 bridgehead atoms. The number of carbonyl (C=O) groups excluding carboxylic acids is 1. The van der Waals surface area contributed by atoms with Crippen molar-refractivity contribution in [2.75, 3.05) is 23.7 Å². The van der Waals surface area contributed by atoms with Gasteiger partial charge in [0.25, 0.3) is 0 Å². The van der Waals surface area contributed by atoms with Crippen LogP contribution in [-0.4, -0.2) is 34.6 Å². The number of amides is 2. The van der Waals surface area contributed by atoms with Crippen LogP contribution >= 0.6 is 23.1 Å². The number of carbonyl (C=O) groups is 1. The maximum atomic E-state index is 11.9. The Morgan fingerprint density at radius 1 is 1.35 bits per heavy atom. The van der Waals surface area contributed by atoms with Gasteiger partial charge in [0.1, 0.15) is 0 Å². The minimum absolute atomic E-state index is 0.384. The first-order valence-electron chi connectivity index (χ1n) is 7.02. The fourth-order valence-electron chi connectivity index (χ4n) is 2.07. The second kappa shape index (κ2) is 7.41. The third-order valence-electron chi connectivity index (χ3n) is 3.18. The van der Waals surface area contributed by atoms with Crippen molar-refractivity contribution in [2.45, 2.75) is 16.0 Å². The molecule has 0 radical (unpaired) electrons. The summed E-state index contributed by atoms with van der Waals surface area (Å²) in [5.74, 6) is 0. The number of hydrogen-bond donors (Lipinski definition) is 3. The van der Waals surface area contributed by atoms with E-state index in [4.69, 9.17) is 5.26 Å². The molecule has 9 heteroatoms. The summed E-state index contributed by atoms with van der Waals surface area (Å²) in [5.41, 5.74) is 1.15. The topological polar surface area (TPSA) is 103 Å². The summed E-state index contributed by atoms with van der Waals surface area (Å²) in [4.78, 5) is 11.9. The van der Waals surface area contributed by atoms with Gasteiger partial charge < -0.3 is 10.6 Å². The maximum Gasteiger partial charge on any atom is 0.325 e. The lowest BCUT2D eigenvalue weighted by molar-refractivity contribution is 0.262. The fourth-order valence-corrected chi connectivity index (χ4v) is 4.19. The highest BCUT2D eigenvalue weighted by molar-refractivity contribution is 8.01. The molecule has 1 aliphatic heterocycles. The molecule has 3 rings (SSSR count). The first-order chi connectivity index (χ1) is 11.2. The third-order valence-corrected chi connectivity index (χ3v) is 5.37. The van der Waals surface area contributed by atoms with Crippen LogP contribution in [0.15, 0.2) is 28.6 Å². The van der Waals surface area contributed by atoms with Crippen LogP contribution in [0.4, 0.5) is 15.6 Å². The maximum absolute atomic E-state index is 11.9. The van der Waals surface area contributed by atoms with Crippen molar-refractivity contribution < 1.29 is 4.79 Å². The zero-order valence-corrected chi connectivity index (χ0v) is 13.7. The summed E-state index contributed by atoms with van der Waals surface area (Å²) in [5, 5.41) is 26.4. The molecule has 1 fully saturated rings. The number of urea groups is 1. The number of rotatable bonds is 4. The van der Waals surface area contributed by atoms with E-state index in [1.165, 1.54) is 11.3 Å². The number of nitrogens with zero attached hydrogens (tertiary/aromatic N) is 3. The molecule has 0 aliphatic carbocycles. The first-order valence-corrected chi connectivity index (χ1v) is 8.71. The van der Waals surface area contributed by atoms with E-state index in [0.717, 1.165) is 23.8 Å². The SMILES string of the molecule is N#Cc1ccc(NC(=O)Nc2nnc(S[C@@H]3CCNC3)s2)cc1. The van der Waals surface area contributed by atoms with Gasteiger partial charge >= 0.3 is 6.03 Å². The lowest BCUT2D eigenvalue weighted by Gasteiger charge is -2.04. The van der Waals surface area contributed by atoms with Crippen molar-refractivity contribution in [3.05, 3.63) is 29.8 Å². The van der Waals surface area contributed by atoms with Gasteiger partial charge in [0, 0.05) is 17.5 Å². The van der Waals surface area contributed by atoms with E-state index >= 15 is 0 Å². The molecule has 0 unspecified atom stereocenters. The summed E-state index contributed by atoms with van der Waals surface area (Å²) < 4.78 is 0.854. The molecular formula is C14H14N6OS2. The first kappa shape index (κ1) is 15.7. The van der Waals surface area contributed by atoms with Crippen LogP contribution in [0.2, 0.25) is 0 Å². The van der Waals surface area contributed by atoms with Crippen LogP contribution < -0.4 is 16.0 Å². The smallest absolute Gasteiger partial charge is 0.316 e. The number of anilines is 2. The molecule has 1 atom stereocenters. The minimum atomic E-state index is -0.384. The number of nitriles is 1. The minimum Gasteiger partial charge on any atom is -0.316 e. The van der Waals surface area contributed by atoms with E-state index in [0.29, 0.717) is 21.6 Å². The Kier molecular flexibility index (Phi) is 5.07. The average Bonchev–Trinajstić information content (AvgIpc) is 3.21. The highest BCUT2D eigenvalue weighted by atomic mass is 32.2. The highest BCUT2D eigenvalue weighted by Gasteiger charge is 2.18. The van der Waals surface area contributed by atoms with Crippen LogP contribution in [0.1, 0.15) is 12.0 Å². The summed E-state index contributed by atoms with van der Waals surface area (Å²) in [6.07, 6.45) is 1.12. The third kappa shape index (κ3) is 4.41. The van der Waals surface area contributed by atoms with E-state index in [1.807, 2.05) is 6.07 Å². The van der Waals surface area contributed by atoms with E-state index < -0.39 is 0 Å². The molecule has 23 heavy (non-hydrogen) atoms. The van der Waals surface area contributed by atoms with Crippen LogP contribution in [0.3, 0.4) is 0 Å². The quantitative estimate of drug-likeness (QED) is 0.735. The van der Waals surface area contributed by atoms with Crippen molar-refractivity contribution in [1.29, 1.82) is 5.26 Å². The van der Waals surface area contributed by atoms with Crippen molar-refractivity contribution in [1.82, 2.24) is 15.5 Å². The van der Waals surface area contributed by atoms with Gasteiger partial charge in [-0.2, -0.15) is 5.26 Å². The molecule has 2 heterocycles. The molecule has 1 aliphatic rings. The van der Waals surface area contributed by atoms with E-state index in [1.54, 1.807) is 36.0 Å². The number of hydrogen-bond acceptors (Lipinski definition) is 7. The molecule has 1 saturated heterocycles. The number of aromatic nitrogens is 2. The second-order valence-electron chi connectivity index (χ2n) is 4.87. The normalized spacial score (nSPS) is 16.7. The Balaban J connectivity index is 1.53. The highest BCUT2D eigenvalue weighted by Crippen LogP contribution is 2.31. The Morgan fingerprint density at radius 2 is 2.17 bits per heavy atom. The standard InChI is InChI=1S/C14H14N6OS2/c15-7-9-1-3-10(4-2-9)17-12(21)18-13-19-20-14(23-13)22-11-5-6-16-8-11/h1-4,11,16H,5-6,8H2,(H2,17,18,19,21)/t11-/m1/s1. The van der Waals surface area contributed by atoms with Gasteiger partial charge in [0.05, 0.1) is 11.6 Å². The van der Waals surface area contributed by atoms with Crippen LogP contribution in [-0.2, 0) is 0 Å². The predicted octanol–water partition coefficient (Wildman–Crippen LogP) is 2.51. The van der Waals surface area contributed by atoms with E-state index in [9.17, 15) is 4.79 Å². The number of nitrogens with one attached hydrogen (secondary N) is 3. The van der Waals surface area contributed by atoms with E-state index in [-0.39, 0.29) is 6.03 Å². The molecular weight excluding hydrogens is 332 g/mol. The van der Waals surface area contributed by atoms with Gasteiger partial charge in [-0.1, -0.05) is 23.1 Å². The van der Waals surface area contributed by atoms with Gasteiger partial charge in [0.15, 0.2) is 4.34 Å². The van der Waals surface area contributed by atoms with Gasteiger partial charge in [-0.05, 0) is 37.2 Å². The van der Waals surface area contributed by atoms with Crippen molar-refractivity contribution in [3.63, 3.8) is 0 Å². The summed E-state index contributed by atoms with van der Waals surface area (Å²) in [6, 6.07) is 8.28. The molecule has 1 aromatic heterocycles. The molecule has 0 spiro atoms. The Hall–Kier alpha value is -2.15. The van der Waals surface area contributed by atoms with Gasteiger partial charge in [-0.25, -0.2) is 4.79 Å². The van der Waals surface area contributed by atoms with Gasteiger partial charge in [-0.15, -0.1) is 10.2 Å². The Labute approximate surface area is 141 Å². The van der Waals surface area contributed by atoms with E-state index in [2.05, 4.69) is 26.1 Å². The fraction of sp³-hybridized carbons (Fsp3) is 0.286. The summed E-state index contributed by atoms with van der Waals surface area (Å²) in [6.45, 7) is 2.01. The second-order valence-corrected chi connectivity index (χ2v) is 7.40. The molecule has 3 N–H and O–H groups in total. The molecule has 1 aromatic carbocycles. The van der Waals surface area contributed by atoms with Crippen LogP contribution in [0.25, 0.3) is 0 Å². The Bertz CT molecular complexity index is 718. The van der Waals surface area contributed by atoms with Crippen LogP contribution in [0.5, 0.6) is 0 Å². The zero-order chi connectivity index (χ0) is 16.1. The molecule has 2 aromatic rings. The monoisotopic (exact) mass is 346 g/mol. The van der Waals surface area contributed by atoms with Crippen molar-refractivity contribution >= 4 is 39.9 Å². The molecule has 7 nitrogen and oxygen atoms in total. The van der Waals surface area contributed by atoms with Gasteiger partial charge in [-0.3, -0.25) is 5.32 Å². The molecule has 0 saturated carbocycles. The molecule has 2 amide bonds. The largest absolute Gasteiger partial charge is 0.325 e. The number of benzene rings is 1. The molecule has 118 valence electrons. The Morgan fingerprint density at radius 3 is 2.87 bits per heavy atom. The van der Waals surface area contributed by atoms with Crippen LogP contribution in [0, 0.1) is 11.3 Å². The lowest BCUT2D eigenvalue weighted by atomic mass is 10.2. The van der Waals surface area contributed by atoms with Crippen molar-refractivity contribution in [3.8, 4) is 6.07 Å².